The summed E-state index contributed by atoms with van der Waals surface area (Å²) in [4.78, 5) is 8.09. The summed E-state index contributed by atoms with van der Waals surface area (Å²) in [6.45, 7) is 5.49. The van der Waals surface area contributed by atoms with E-state index in [9.17, 15) is 9.66 Å². The van der Waals surface area contributed by atoms with Crippen molar-refractivity contribution in [2.24, 2.45) is 0 Å². The van der Waals surface area contributed by atoms with Crippen molar-refractivity contribution in [2.75, 3.05) is 13.2 Å². The number of likely N-dealkylation sites (tertiary alicyclic amines) is 1. The number of aliphatic hydroxyl groups is 1. The van der Waals surface area contributed by atoms with Crippen LogP contribution in [-0.2, 0) is 29.7 Å². The Morgan fingerprint density at radius 3 is 2.69 bits per heavy atom. The molecule has 0 amide bonds. The number of nitrogens with one attached hydrogen (secondary N) is 2. The Morgan fingerprint density at radius 1 is 1.03 bits per heavy atom. The molecular formula is C31H35N5O2S. The zero-order chi connectivity index (χ0) is 26.7. The number of fused-ring (bicyclic) bond motifs is 3. The van der Waals surface area contributed by atoms with Gasteiger partial charge >= 0.3 is 0 Å². The number of hydrogen-bond acceptors (Lipinski definition) is 6. The van der Waals surface area contributed by atoms with Gasteiger partial charge in [0.1, 0.15) is 5.69 Å². The SMILES string of the molecule is CC1(C)N[S+]([O-])c2cc(-c3n[nH]c4ncc(-c5ccc6c(c5)CCC(N5CCCC5CO)CC6)cc34)ccc21. The second kappa shape index (κ2) is 9.71. The number of rotatable bonds is 4. The second-order valence-corrected chi connectivity index (χ2v) is 13.0. The molecule has 4 aromatic rings. The van der Waals surface area contributed by atoms with Gasteiger partial charge in [-0.05, 0) is 81.7 Å². The van der Waals surface area contributed by atoms with Crippen molar-refractivity contribution in [3.05, 3.63) is 65.4 Å². The van der Waals surface area contributed by atoms with Crippen LogP contribution in [-0.4, -0.2) is 55.0 Å². The monoisotopic (exact) mass is 541 g/mol. The van der Waals surface area contributed by atoms with E-state index >= 15 is 0 Å². The van der Waals surface area contributed by atoms with Crippen LogP contribution in [0.25, 0.3) is 33.4 Å². The first-order valence-corrected chi connectivity index (χ1v) is 15.2. The van der Waals surface area contributed by atoms with Crippen LogP contribution in [0.15, 0.2) is 53.6 Å². The van der Waals surface area contributed by atoms with E-state index in [0.717, 1.165) is 77.0 Å². The molecule has 3 unspecified atom stereocenters. The highest BCUT2D eigenvalue weighted by molar-refractivity contribution is 7.89. The number of pyridine rings is 1. The zero-order valence-electron chi connectivity index (χ0n) is 22.5. The first-order valence-electron chi connectivity index (χ1n) is 14.1. The normalized spacial score (nSPS) is 24.6. The lowest BCUT2D eigenvalue weighted by atomic mass is 9.94. The van der Waals surface area contributed by atoms with Gasteiger partial charge in [0.15, 0.2) is 10.5 Å². The molecule has 7 nitrogen and oxygen atoms in total. The van der Waals surface area contributed by atoms with Crippen molar-refractivity contribution in [3.8, 4) is 22.4 Å². The third-order valence-electron chi connectivity index (χ3n) is 9.03. The number of aromatic amines is 1. The van der Waals surface area contributed by atoms with E-state index in [1.165, 1.54) is 23.1 Å². The van der Waals surface area contributed by atoms with Gasteiger partial charge in [-0.1, -0.05) is 30.3 Å². The van der Waals surface area contributed by atoms with Gasteiger partial charge in [-0.15, -0.1) is 4.72 Å². The van der Waals surface area contributed by atoms with E-state index in [1.54, 1.807) is 0 Å². The summed E-state index contributed by atoms with van der Waals surface area (Å²) in [6, 6.07) is 16.0. The number of aryl methyl sites for hydroxylation is 2. The third-order valence-corrected chi connectivity index (χ3v) is 10.5. The molecule has 0 radical (unpaired) electrons. The van der Waals surface area contributed by atoms with E-state index < -0.39 is 11.4 Å². The maximum absolute atomic E-state index is 12.7. The molecule has 202 valence electrons. The highest BCUT2D eigenvalue weighted by Gasteiger charge is 2.40. The Balaban J connectivity index is 1.18. The van der Waals surface area contributed by atoms with Gasteiger partial charge in [0.25, 0.3) is 0 Å². The van der Waals surface area contributed by atoms with Gasteiger partial charge in [0, 0.05) is 46.4 Å². The second-order valence-electron chi connectivity index (χ2n) is 11.8. The van der Waals surface area contributed by atoms with Gasteiger partial charge in [-0.3, -0.25) is 10.00 Å². The smallest absolute Gasteiger partial charge is 0.179 e. The van der Waals surface area contributed by atoms with Crippen LogP contribution in [0.4, 0.5) is 0 Å². The molecule has 0 saturated carbocycles. The van der Waals surface area contributed by atoms with E-state index in [2.05, 4.69) is 70.1 Å². The lowest BCUT2D eigenvalue weighted by Gasteiger charge is -2.31. The molecule has 4 heterocycles. The molecule has 3 N–H and O–H groups in total. The Morgan fingerprint density at radius 2 is 1.85 bits per heavy atom. The molecule has 7 rings (SSSR count). The van der Waals surface area contributed by atoms with Crippen molar-refractivity contribution in [1.29, 1.82) is 0 Å². The molecule has 2 aromatic carbocycles. The lowest BCUT2D eigenvalue weighted by Crippen LogP contribution is -2.41. The minimum Gasteiger partial charge on any atom is -0.593 e. The molecule has 1 saturated heterocycles. The summed E-state index contributed by atoms with van der Waals surface area (Å²) in [5.41, 5.74) is 8.36. The van der Waals surface area contributed by atoms with Crippen molar-refractivity contribution in [2.45, 2.75) is 74.9 Å². The fraction of sp³-hybridized carbons (Fsp3) is 0.419. The Labute approximate surface area is 232 Å². The Kier molecular flexibility index (Phi) is 6.28. The quantitative estimate of drug-likeness (QED) is 0.252. The molecule has 39 heavy (non-hydrogen) atoms. The third kappa shape index (κ3) is 4.39. The molecular weight excluding hydrogens is 506 g/mol. The van der Waals surface area contributed by atoms with Crippen LogP contribution in [0, 0.1) is 0 Å². The van der Waals surface area contributed by atoms with Crippen LogP contribution in [0.5, 0.6) is 0 Å². The maximum Gasteiger partial charge on any atom is 0.179 e. The summed E-state index contributed by atoms with van der Waals surface area (Å²) >= 11 is -1.24. The van der Waals surface area contributed by atoms with E-state index in [-0.39, 0.29) is 12.1 Å². The predicted octanol–water partition coefficient (Wildman–Crippen LogP) is 4.86. The number of H-pyrrole nitrogens is 1. The Bertz CT molecular complexity index is 1550. The van der Waals surface area contributed by atoms with E-state index in [4.69, 9.17) is 4.98 Å². The van der Waals surface area contributed by atoms with Crippen molar-refractivity contribution < 1.29 is 9.66 Å². The average Bonchev–Trinajstić information content (AvgIpc) is 3.60. The number of aromatic nitrogens is 3. The van der Waals surface area contributed by atoms with Gasteiger partial charge in [0.05, 0.1) is 23.5 Å². The predicted molar refractivity (Wildman–Crippen MR) is 155 cm³/mol. The minimum atomic E-state index is -1.24. The molecule has 0 bridgehead atoms. The molecule has 0 spiro atoms. The van der Waals surface area contributed by atoms with Crippen LogP contribution in [0.1, 0.15) is 56.2 Å². The van der Waals surface area contributed by atoms with Crippen LogP contribution >= 0.6 is 0 Å². The largest absolute Gasteiger partial charge is 0.593 e. The fourth-order valence-electron chi connectivity index (χ4n) is 6.90. The van der Waals surface area contributed by atoms with Crippen LogP contribution in [0.3, 0.4) is 0 Å². The maximum atomic E-state index is 12.7. The molecule has 8 heteroatoms. The number of aliphatic hydroxyl groups excluding tert-OH is 1. The van der Waals surface area contributed by atoms with Gasteiger partial charge < -0.3 is 9.66 Å². The van der Waals surface area contributed by atoms with Gasteiger partial charge in [-0.2, -0.15) is 5.10 Å². The molecule has 3 atom stereocenters. The molecule has 2 aliphatic heterocycles. The number of benzene rings is 2. The van der Waals surface area contributed by atoms with Gasteiger partial charge in [-0.25, -0.2) is 4.98 Å². The van der Waals surface area contributed by atoms with Crippen LogP contribution in [0.2, 0.25) is 0 Å². The van der Waals surface area contributed by atoms with Gasteiger partial charge in [0.2, 0.25) is 0 Å². The molecule has 3 aliphatic rings. The Hall–Kier alpha value is -2.75. The topological polar surface area (TPSA) is 100 Å². The highest BCUT2D eigenvalue weighted by atomic mass is 32.2. The summed E-state index contributed by atoms with van der Waals surface area (Å²) in [5, 5.41) is 18.5. The number of hydrogen-bond donors (Lipinski definition) is 3. The minimum absolute atomic E-state index is 0.275. The summed E-state index contributed by atoms with van der Waals surface area (Å²) < 4.78 is 15.9. The average molecular weight is 542 g/mol. The summed E-state index contributed by atoms with van der Waals surface area (Å²) in [7, 11) is 0. The standard InChI is InChI=1S/C31H35N5O2S/c1-31(2)27-12-9-22(16-28(27)39(38)35-31)29-26-15-23(17-32-30(26)34-33-29)21-6-5-19-7-10-24(11-8-20(19)14-21)36-13-3-4-25(36)18-37/h5-6,9,12,14-17,24-25,35,37H,3-4,7-8,10-11,13,18H2,1-2H3,(H,32,33,34). The molecule has 2 aromatic heterocycles. The number of nitrogens with zero attached hydrogens (tertiary/aromatic N) is 3. The first kappa shape index (κ1) is 25.2. The van der Waals surface area contributed by atoms with E-state index in [1.807, 2.05) is 12.3 Å². The fourth-order valence-corrected chi connectivity index (χ4v) is 8.34. The van der Waals surface area contributed by atoms with Crippen molar-refractivity contribution in [1.82, 2.24) is 24.8 Å². The van der Waals surface area contributed by atoms with Crippen molar-refractivity contribution >= 4 is 22.4 Å². The molecule has 1 aliphatic carbocycles. The first-order chi connectivity index (χ1) is 18.9. The summed E-state index contributed by atoms with van der Waals surface area (Å²) in [5.74, 6) is 0. The highest BCUT2D eigenvalue weighted by Crippen LogP contribution is 2.39. The van der Waals surface area contributed by atoms with Crippen LogP contribution < -0.4 is 4.72 Å². The lowest BCUT2D eigenvalue weighted by molar-refractivity contribution is 0.111. The zero-order valence-corrected chi connectivity index (χ0v) is 23.4. The molecule has 1 fully saturated rings. The van der Waals surface area contributed by atoms with Crippen molar-refractivity contribution in [3.63, 3.8) is 0 Å². The summed E-state index contributed by atoms with van der Waals surface area (Å²) in [6.07, 6.45) is 8.69. The van der Waals surface area contributed by atoms with E-state index in [0.29, 0.717) is 12.1 Å².